The summed E-state index contributed by atoms with van der Waals surface area (Å²) >= 11 is 6.07. The van der Waals surface area contributed by atoms with E-state index in [9.17, 15) is 4.79 Å². The third-order valence-electron chi connectivity index (χ3n) is 5.15. The van der Waals surface area contributed by atoms with Gasteiger partial charge in [0.15, 0.2) is 5.96 Å². The Morgan fingerprint density at radius 3 is 2.76 bits per heavy atom. The molecule has 1 aliphatic rings. The van der Waals surface area contributed by atoms with Crippen LogP contribution in [0, 0.1) is 5.92 Å². The largest absolute Gasteiger partial charge is 0.354 e. The molecule has 1 aliphatic heterocycles. The summed E-state index contributed by atoms with van der Waals surface area (Å²) in [5, 5.41) is 6.69. The van der Waals surface area contributed by atoms with E-state index in [2.05, 4.69) is 37.0 Å². The van der Waals surface area contributed by atoms with Crippen LogP contribution in [0.4, 0.5) is 0 Å². The predicted molar refractivity (Wildman–Crippen MR) is 127 cm³/mol. The lowest BCUT2D eigenvalue weighted by molar-refractivity contribution is 0.0954. The Kier molecular flexibility index (Phi) is 9.22. The first kappa shape index (κ1) is 23.5. The van der Waals surface area contributed by atoms with Crippen LogP contribution in [0.25, 0.3) is 0 Å². The van der Waals surface area contributed by atoms with Crippen molar-refractivity contribution in [2.45, 2.75) is 19.4 Å². The lowest BCUT2D eigenvalue weighted by Gasteiger charge is -2.39. The lowest BCUT2D eigenvalue weighted by atomic mass is 9.93. The number of benzene rings is 1. The van der Waals surface area contributed by atoms with Crippen LogP contribution in [0.3, 0.4) is 0 Å². The van der Waals surface area contributed by atoms with E-state index < -0.39 is 0 Å². The minimum atomic E-state index is -0.172. The molecule has 1 saturated heterocycles. The van der Waals surface area contributed by atoms with Gasteiger partial charge in [0.25, 0.3) is 5.91 Å². The second-order valence-corrected chi connectivity index (χ2v) is 7.41. The first-order chi connectivity index (χ1) is 13.6. The Morgan fingerprint density at radius 2 is 2.07 bits per heavy atom. The third-order valence-corrected chi connectivity index (χ3v) is 5.48. The highest BCUT2D eigenvalue weighted by molar-refractivity contribution is 14.0. The Morgan fingerprint density at radius 1 is 1.31 bits per heavy atom. The zero-order chi connectivity index (χ0) is 19.9. The van der Waals surface area contributed by atoms with Crippen molar-refractivity contribution in [1.82, 2.24) is 25.1 Å². The van der Waals surface area contributed by atoms with Gasteiger partial charge in [0.05, 0.1) is 23.0 Å². The first-order valence-electron chi connectivity index (χ1n) is 9.56. The molecule has 2 heterocycles. The summed E-state index contributed by atoms with van der Waals surface area (Å²) < 4.78 is 2.17. The maximum absolute atomic E-state index is 12.2. The van der Waals surface area contributed by atoms with E-state index >= 15 is 0 Å². The fourth-order valence-electron chi connectivity index (χ4n) is 3.52. The minimum Gasteiger partial charge on any atom is -0.354 e. The molecule has 2 unspecified atom stereocenters. The highest BCUT2D eigenvalue weighted by atomic mass is 127. The van der Waals surface area contributed by atoms with Gasteiger partial charge in [0, 0.05) is 45.6 Å². The maximum Gasteiger partial charge on any atom is 0.252 e. The standard InChI is InChI=1S/C20H27ClN6O.HI/c1-15-7-11-26(13-18(15)27-12-10-23-14-27)20(22-2)25-9-8-24-19(28)16-5-3-4-6-17(16)21;/h3-6,10,12,14-15,18H,7-9,11,13H2,1-2H3,(H,22,25)(H,24,28);1H. The van der Waals surface area contributed by atoms with Crippen LogP contribution in [0.15, 0.2) is 48.0 Å². The number of halogens is 2. The van der Waals surface area contributed by atoms with Gasteiger partial charge >= 0.3 is 0 Å². The highest BCUT2D eigenvalue weighted by Gasteiger charge is 2.28. The monoisotopic (exact) mass is 530 g/mol. The fourth-order valence-corrected chi connectivity index (χ4v) is 3.74. The van der Waals surface area contributed by atoms with Crippen LogP contribution in [-0.4, -0.2) is 59.5 Å². The lowest BCUT2D eigenvalue weighted by Crippen LogP contribution is -2.50. The average molecular weight is 531 g/mol. The van der Waals surface area contributed by atoms with Crippen LogP contribution in [-0.2, 0) is 0 Å². The number of guanidine groups is 1. The van der Waals surface area contributed by atoms with Gasteiger partial charge in [0.2, 0.25) is 0 Å². The Labute approximate surface area is 193 Å². The van der Waals surface area contributed by atoms with Gasteiger partial charge in [-0.15, -0.1) is 24.0 Å². The van der Waals surface area contributed by atoms with Crippen molar-refractivity contribution in [2.75, 3.05) is 33.2 Å². The number of hydrogen-bond acceptors (Lipinski definition) is 3. The molecule has 3 rings (SSSR count). The first-order valence-corrected chi connectivity index (χ1v) is 9.93. The van der Waals surface area contributed by atoms with Gasteiger partial charge in [0.1, 0.15) is 0 Å². The van der Waals surface area contributed by atoms with Gasteiger partial charge in [-0.1, -0.05) is 30.7 Å². The fraction of sp³-hybridized carbons (Fsp3) is 0.450. The van der Waals surface area contributed by atoms with Gasteiger partial charge in [-0.3, -0.25) is 9.79 Å². The van der Waals surface area contributed by atoms with Crippen LogP contribution in [0.1, 0.15) is 29.7 Å². The van der Waals surface area contributed by atoms with Crippen molar-refractivity contribution < 1.29 is 4.79 Å². The zero-order valence-corrected chi connectivity index (χ0v) is 19.8. The summed E-state index contributed by atoms with van der Waals surface area (Å²) in [5.74, 6) is 1.26. The number of likely N-dealkylation sites (tertiary alicyclic amines) is 1. The van der Waals surface area contributed by atoms with Crippen molar-refractivity contribution in [3.05, 3.63) is 53.6 Å². The van der Waals surface area contributed by atoms with E-state index in [1.54, 1.807) is 31.3 Å². The molecule has 2 aromatic rings. The van der Waals surface area contributed by atoms with E-state index in [1.165, 1.54) is 0 Å². The number of nitrogens with one attached hydrogen (secondary N) is 2. The predicted octanol–water partition coefficient (Wildman–Crippen LogP) is 3.04. The summed E-state index contributed by atoms with van der Waals surface area (Å²) in [6.45, 7) is 5.19. The van der Waals surface area contributed by atoms with Crippen LogP contribution in [0.5, 0.6) is 0 Å². The number of imidazole rings is 1. The molecule has 1 aromatic carbocycles. The van der Waals surface area contributed by atoms with E-state index in [1.807, 2.05) is 18.7 Å². The van der Waals surface area contributed by atoms with Crippen LogP contribution < -0.4 is 10.6 Å². The van der Waals surface area contributed by atoms with Gasteiger partial charge in [-0.25, -0.2) is 4.98 Å². The molecular formula is C20H28ClIN6O. The smallest absolute Gasteiger partial charge is 0.252 e. The number of aliphatic imine (C=N–C) groups is 1. The van der Waals surface area contributed by atoms with E-state index in [4.69, 9.17) is 11.6 Å². The second-order valence-electron chi connectivity index (χ2n) is 7.00. The molecule has 1 amide bonds. The number of carbonyl (C=O) groups excluding carboxylic acids is 1. The molecule has 2 atom stereocenters. The molecular weight excluding hydrogens is 503 g/mol. The number of amides is 1. The Balaban J connectivity index is 0.00000300. The number of nitrogens with zero attached hydrogens (tertiary/aromatic N) is 4. The number of hydrogen-bond donors (Lipinski definition) is 2. The molecule has 0 bridgehead atoms. The molecule has 0 aliphatic carbocycles. The molecule has 0 radical (unpaired) electrons. The summed E-state index contributed by atoms with van der Waals surface area (Å²) in [6.07, 6.45) is 6.81. The number of aromatic nitrogens is 2. The van der Waals surface area contributed by atoms with Gasteiger partial charge in [-0.2, -0.15) is 0 Å². The summed E-state index contributed by atoms with van der Waals surface area (Å²) in [5.41, 5.74) is 0.488. The quantitative estimate of drug-likeness (QED) is 0.270. The van der Waals surface area contributed by atoms with Crippen molar-refractivity contribution in [3.63, 3.8) is 0 Å². The van der Waals surface area contributed by atoms with Crippen molar-refractivity contribution >= 4 is 47.4 Å². The SMILES string of the molecule is CN=C(NCCNC(=O)c1ccccc1Cl)N1CCC(C)C(n2ccnc2)C1.I. The molecule has 7 nitrogen and oxygen atoms in total. The summed E-state index contributed by atoms with van der Waals surface area (Å²) in [4.78, 5) is 23.1. The number of rotatable bonds is 5. The molecule has 0 saturated carbocycles. The normalized spacial score (nSPS) is 19.4. The molecule has 0 spiro atoms. The minimum absolute atomic E-state index is 0. The molecule has 29 heavy (non-hydrogen) atoms. The highest BCUT2D eigenvalue weighted by Crippen LogP contribution is 2.27. The van der Waals surface area contributed by atoms with Crippen molar-refractivity contribution in [3.8, 4) is 0 Å². The van der Waals surface area contributed by atoms with Crippen molar-refractivity contribution in [2.24, 2.45) is 10.9 Å². The van der Waals surface area contributed by atoms with E-state index in [-0.39, 0.29) is 29.9 Å². The third kappa shape index (κ3) is 6.08. The Bertz CT molecular complexity index is 813. The Hall–Kier alpha value is -1.81. The molecule has 1 fully saturated rings. The molecule has 158 valence electrons. The van der Waals surface area contributed by atoms with E-state index in [0.29, 0.717) is 35.6 Å². The molecule has 2 N–H and O–H groups in total. The number of carbonyl (C=O) groups is 1. The van der Waals surface area contributed by atoms with Crippen LogP contribution >= 0.6 is 35.6 Å². The molecule has 1 aromatic heterocycles. The number of piperidine rings is 1. The zero-order valence-electron chi connectivity index (χ0n) is 16.7. The average Bonchev–Trinajstić information content (AvgIpc) is 3.23. The van der Waals surface area contributed by atoms with Gasteiger partial charge in [-0.05, 0) is 24.5 Å². The molecule has 9 heteroatoms. The van der Waals surface area contributed by atoms with Gasteiger partial charge < -0.3 is 20.1 Å². The summed E-state index contributed by atoms with van der Waals surface area (Å²) in [6, 6.07) is 7.41. The van der Waals surface area contributed by atoms with Crippen molar-refractivity contribution in [1.29, 1.82) is 0 Å². The summed E-state index contributed by atoms with van der Waals surface area (Å²) in [7, 11) is 1.79. The topological polar surface area (TPSA) is 74.6 Å². The van der Waals surface area contributed by atoms with Crippen LogP contribution in [0.2, 0.25) is 5.02 Å². The maximum atomic E-state index is 12.2. The second kappa shape index (κ2) is 11.4. The van der Waals surface area contributed by atoms with E-state index in [0.717, 1.165) is 25.5 Å².